The number of likely N-dealkylation sites (N-methyl/N-ethyl adjacent to an activating group) is 1. The Morgan fingerprint density at radius 2 is 1.68 bits per heavy atom. The number of aliphatic hydroxyl groups is 1. The summed E-state index contributed by atoms with van der Waals surface area (Å²) in [5, 5.41) is 10.1. The van der Waals surface area contributed by atoms with Gasteiger partial charge >= 0.3 is 0 Å². The SMILES string of the molecule is CC1N(C)C(=O)C(c2ccc(F)cc2)=C(O)N1C.[Na]. The molecule has 0 bridgehead atoms. The van der Waals surface area contributed by atoms with Gasteiger partial charge in [0.1, 0.15) is 17.6 Å². The van der Waals surface area contributed by atoms with E-state index in [4.69, 9.17) is 0 Å². The second-order valence-electron chi connectivity index (χ2n) is 4.36. The van der Waals surface area contributed by atoms with Gasteiger partial charge in [-0.3, -0.25) is 4.79 Å². The van der Waals surface area contributed by atoms with Crippen LogP contribution in [-0.4, -0.2) is 70.6 Å². The first-order valence-corrected chi connectivity index (χ1v) is 5.62. The molecule has 0 aliphatic carbocycles. The van der Waals surface area contributed by atoms with Crippen molar-refractivity contribution in [1.82, 2.24) is 9.80 Å². The smallest absolute Gasteiger partial charge is 0.261 e. The van der Waals surface area contributed by atoms with Gasteiger partial charge in [0.2, 0.25) is 5.88 Å². The quantitative estimate of drug-likeness (QED) is 0.787. The third-order valence-electron chi connectivity index (χ3n) is 3.35. The summed E-state index contributed by atoms with van der Waals surface area (Å²) in [6.45, 7) is 1.82. The molecule has 1 aromatic rings. The summed E-state index contributed by atoms with van der Waals surface area (Å²) in [6, 6.07) is 5.49. The van der Waals surface area contributed by atoms with Crippen LogP contribution >= 0.6 is 0 Å². The number of rotatable bonds is 1. The molecule has 97 valence electrons. The van der Waals surface area contributed by atoms with Crippen LogP contribution in [0.25, 0.3) is 5.57 Å². The second-order valence-corrected chi connectivity index (χ2v) is 4.36. The average Bonchev–Trinajstić information content (AvgIpc) is 2.36. The van der Waals surface area contributed by atoms with Crippen molar-refractivity contribution in [2.45, 2.75) is 13.1 Å². The minimum Gasteiger partial charge on any atom is -0.494 e. The number of amides is 1. The molecule has 1 aromatic carbocycles. The molecule has 19 heavy (non-hydrogen) atoms. The van der Waals surface area contributed by atoms with E-state index in [1.165, 1.54) is 29.2 Å². The summed E-state index contributed by atoms with van der Waals surface area (Å²) in [5.74, 6) is -0.737. The summed E-state index contributed by atoms with van der Waals surface area (Å²) < 4.78 is 12.9. The van der Waals surface area contributed by atoms with E-state index in [1.54, 1.807) is 19.0 Å². The van der Waals surface area contributed by atoms with E-state index in [2.05, 4.69) is 0 Å². The fraction of sp³-hybridized carbons (Fsp3) is 0.308. The van der Waals surface area contributed by atoms with E-state index in [0.717, 1.165) is 0 Å². The topological polar surface area (TPSA) is 43.8 Å². The molecule has 1 heterocycles. The standard InChI is InChI=1S/C13H15FN2O2.Na/c1-8-15(2)12(17)11(13(18)16(8)3)9-4-6-10(14)7-5-9;/h4-8,17H,1-3H3;. The monoisotopic (exact) mass is 273 g/mol. The van der Waals surface area contributed by atoms with Crippen LogP contribution in [0, 0.1) is 5.82 Å². The van der Waals surface area contributed by atoms with Crippen molar-refractivity contribution in [1.29, 1.82) is 0 Å². The zero-order valence-corrected chi connectivity index (χ0v) is 13.5. The molecule has 0 spiro atoms. The molecule has 1 radical (unpaired) electrons. The number of benzene rings is 1. The Hall–Kier alpha value is -1.04. The molecular weight excluding hydrogens is 258 g/mol. The molecule has 2 rings (SSSR count). The first kappa shape index (κ1) is 16.0. The Labute approximate surface area is 133 Å². The van der Waals surface area contributed by atoms with Crippen LogP contribution in [0.2, 0.25) is 0 Å². The molecule has 1 aliphatic rings. The zero-order valence-electron chi connectivity index (χ0n) is 11.5. The third-order valence-corrected chi connectivity index (χ3v) is 3.35. The molecule has 1 aliphatic heterocycles. The summed E-state index contributed by atoms with van der Waals surface area (Å²) >= 11 is 0. The van der Waals surface area contributed by atoms with E-state index >= 15 is 0 Å². The fourth-order valence-corrected chi connectivity index (χ4v) is 1.92. The molecular formula is C13H15FN2NaO2. The molecule has 0 aromatic heterocycles. The van der Waals surface area contributed by atoms with Crippen LogP contribution in [0.5, 0.6) is 0 Å². The Morgan fingerprint density at radius 3 is 2.21 bits per heavy atom. The van der Waals surface area contributed by atoms with Gasteiger partial charge in [0, 0.05) is 43.7 Å². The molecule has 4 nitrogen and oxygen atoms in total. The molecule has 0 saturated carbocycles. The van der Waals surface area contributed by atoms with Crippen molar-refractivity contribution in [3.05, 3.63) is 41.5 Å². The second kappa shape index (κ2) is 5.94. The van der Waals surface area contributed by atoms with Gasteiger partial charge in [-0.2, -0.15) is 0 Å². The van der Waals surface area contributed by atoms with E-state index in [0.29, 0.717) is 5.56 Å². The predicted molar refractivity (Wildman–Crippen MR) is 71.7 cm³/mol. The Kier molecular flexibility index (Phi) is 5.01. The first-order chi connectivity index (χ1) is 8.43. The maximum absolute atomic E-state index is 12.9. The third kappa shape index (κ3) is 2.78. The summed E-state index contributed by atoms with van der Waals surface area (Å²) in [4.78, 5) is 15.3. The number of hydrogen-bond donors (Lipinski definition) is 1. The first-order valence-electron chi connectivity index (χ1n) is 5.62. The molecule has 0 fully saturated rings. The molecule has 1 amide bonds. The fourth-order valence-electron chi connectivity index (χ4n) is 1.92. The van der Waals surface area contributed by atoms with Gasteiger partial charge in [-0.25, -0.2) is 4.39 Å². The van der Waals surface area contributed by atoms with Crippen LogP contribution in [0.1, 0.15) is 12.5 Å². The van der Waals surface area contributed by atoms with Gasteiger partial charge < -0.3 is 14.9 Å². The Balaban J connectivity index is 0.00000180. The van der Waals surface area contributed by atoms with Gasteiger partial charge in [0.05, 0.1) is 0 Å². The van der Waals surface area contributed by atoms with Gasteiger partial charge in [-0.15, -0.1) is 0 Å². The summed E-state index contributed by atoms with van der Waals surface area (Å²) in [7, 11) is 3.37. The van der Waals surface area contributed by atoms with Crippen molar-refractivity contribution in [3.63, 3.8) is 0 Å². The minimum absolute atomic E-state index is 0. The normalized spacial score (nSPS) is 19.6. The molecule has 1 N–H and O–H groups in total. The van der Waals surface area contributed by atoms with Crippen molar-refractivity contribution < 1.29 is 14.3 Å². The molecule has 1 atom stereocenters. The van der Waals surface area contributed by atoms with Crippen molar-refractivity contribution in [3.8, 4) is 0 Å². The van der Waals surface area contributed by atoms with Gasteiger partial charge in [0.25, 0.3) is 5.91 Å². The van der Waals surface area contributed by atoms with Gasteiger partial charge in [0.15, 0.2) is 0 Å². The van der Waals surface area contributed by atoms with E-state index in [1.807, 2.05) is 6.92 Å². The summed E-state index contributed by atoms with van der Waals surface area (Å²) in [6.07, 6.45) is -0.221. The van der Waals surface area contributed by atoms with E-state index in [-0.39, 0.29) is 58.9 Å². The molecule has 6 heteroatoms. The molecule has 0 saturated heterocycles. The number of nitrogens with zero attached hydrogens (tertiary/aromatic N) is 2. The number of aliphatic hydroxyl groups excluding tert-OH is 1. The van der Waals surface area contributed by atoms with E-state index in [9.17, 15) is 14.3 Å². The van der Waals surface area contributed by atoms with Crippen LogP contribution in [0.4, 0.5) is 4.39 Å². The van der Waals surface area contributed by atoms with E-state index < -0.39 is 0 Å². The Bertz CT molecular complexity index is 516. The summed E-state index contributed by atoms with van der Waals surface area (Å²) in [5.41, 5.74) is 0.697. The van der Waals surface area contributed by atoms with Crippen LogP contribution in [0.3, 0.4) is 0 Å². The Morgan fingerprint density at radius 1 is 1.16 bits per heavy atom. The number of halogens is 1. The number of carbonyl (C=O) groups excluding carboxylic acids is 1. The zero-order chi connectivity index (χ0) is 13.4. The van der Waals surface area contributed by atoms with Crippen molar-refractivity contribution >= 4 is 41.0 Å². The average molecular weight is 273 g/mol. The maximum Gasteiger partial charge on any atom is 0.261 e. The number of carbonyl (C=O) groups is 1. The van der Waals surface area contributed by atoms with Gasteiger partial charge in [-0.05, 0) is 24.6 Å². The predicted octanol–water partition coefficient (Wildman–Crippen LogP) is 1.42. The van der Waals surface area contributed by atoms with Crippen LogP contribution in [0.15, 0.2) is 30.1 Å². The largest absolute Gasteiger partial charge is 0.494 e. The minimum atomic E-state index is -0.378. The van der Waals surface area contributed by atoms with Crippen LogP contribution < -0.4 is 0 Å². The van der Waals surface area contributed by atoms with Crippen molar-refractivity contribution in [2.75, 3.05) is 14.1 Å². The maximum atomic E-state index is 12.9. The van der Waals surface area contributed by atoms with Gasteiger partial charge in [-0.1, -0.05) is 12.1 Å². The molecule has 1 unspecified atom stereocenters. The van der Waals surface area contributed by atoms with Crippen LogP contribution in [-0.2, 0) is 4.79 Å². The number of hydrogen-bond acceptors (Lipinski definition) is 3. The van der Waals surface area contributed by atoms with Crippen molar-refractivity contribution in [2.24, 2.45) is 0 Å².